The molecule has 0 aromatic carbocycles. The van der Waals surface area contributed by atoms with Crippen LogP contribution in [0.5, 0.6) is 0 Å². The second-order valence-electron chi connectivity index (χ2n) is 6.47. The number of amides is 1. The molecule has 1 aliphatic rings. The molecule has 1 N–H and O–H groups in total. The van der Waals surface area contributed by atoms with Crippen molar-refractivity contribution in [3.8, 4) is 0 Å². The fraction of sp³-hybridized carbons (Fsp3) is 0.444. The zero-order valence-electron chi connectivity index (χ0n) is 14.9. The smallest absolute Gasteiger partial charge is 0.354 e. The zero-order valence-corrected chi connectivity index (χ0v) is 15.7. The Hall–Kier alpha value is -2.13. The van der Waals surface area contributed by atoms with Crippen molar-refractivity contribution in [2.75, 3.05) is 37.6 Å². The molecule has 3 heterocycles. The lowest BCUT2D eigenvalue weighted by atomic mass is 10.2. The Balaban J connectivity index is 1.46. The summed E-state index contributed by atoms with van der Waals surface area (Å²) in [6, 6.07) is 6.38. The maximum atomic E-state index is 12.6. The van der Waals surface area contributed by atoms with Crippen LogP contribution in [0, 0.1) is 0 Å². The van der Waals surface area contributed by atoms with E-state index in [0.717, 1.165) is 17.1 Å². The highest BCUT2D eigenvalue weighted by atomic mass is 32.1. The highest BCUT2D eigenvalue weighted by Gasteiger charge is 2.31. The van der Waals surface area contributed by atoms with E-state index in [4.69, 9.17) is 0 Å². The van der Waals surface area contributed by atoms with Crippen molar-refractivity contribution in [3.63, 3.8) is 0 Å². The average Bonchev–Trinajstić information content (AvgIpc) is 3.16. The Morgan fingerprint density at radius 2 is 2.00 bits per heavy atom. The molecule has 2 aromatic heterocycles. The third-order valence-electron chi connectivity index (χ3n) is 4.49. The monoisotopic (exact) mass is 398 g/mol. The number of aromatic nitrogens is 1. The van der Waals surface area contributed by atoms with Crippen LogP contribution >= 0.6 is 11.3 Å². The van der Waals surface area contributed by atoms with Crippen LogP contribution in [0.15, 0.2) is 35.8 Å². The van der Waals surface area contributed by atoms with Gasteiger partial charge >= 0.3 is 6.18 Å². The van der Waals surface area contributed by atoms with Crippen molar-refractivity contribution >= 4 is 23.1 Å². The predicted octanol–water partition coefficient (Wildman–Crippen LogP) is 3.16. The first kappa shape index (κ1) is 19.6. The number of nitrogens with zero attached hydrogens (tertiary/aromatic N) is 3. The van der Waals surface area contributed by atoms with E-state index < -0.39 is 11.7 Å². The molecule has 3 rings (SSSR count). The third-order valence-corrected chi connectivity index (χ3v) is 5.54. The number of carbonyl (C=O) groups is 1. The van der Waals surface area contributed by atoms with Crippen LogP contribution in [0.3, 0.4) is 0 Å². The predicted molar refractivity (Wildman–Crippen MR) is 98.8 cm³/mol. The van der Waals surface area contributed by atoms with Gasteiger partial charge in [0.1, 0.15) is 5.82 Å². The van der Waals surface area contributed by atoms with Crippen LogP contribution in [-0.4, -0.2) is 48.5 Å². The van der Waals surface area contributed by atoms with Crippen molar-refractivity contribution in [1.82, 2.24) is 15.2 Å². The van der Waals surface area contributed by atoms with Crippen molar-refractivity contribution in [2.24, 2.45) is 0 Å². The van der Waals surface area contributed by atoms with Crippen LogP contribution in [0.4, 0.5) is 19.0 Å². The molecule has 5 nitrogen and oxygen atoms in total. The van der Waals surface area contributed by atoms with E-state index in [9.17, 15) is 18.0 Å². The van der Waals surface area contributed by atoms with E-state index in [-0.39, 0.29) is 11.9 Å². The minimum Gasteiger partial charge on any atom is -0.354 e. The Bertz CT molecular complexity index is 741. The number of alkyl halides is 3. The number of nitrogens with one attached hydrogen (secondary N) is 1. The minimum absolute atomic E-state index is 0.0184. The summed E-state index contributed by atoms with van der Waals surface area (Å²) >= 11 is 1.61. The molecule has 9 heteroatoms. The Morgan fingerprint density at radius 3 is 2.56 bits per heavy atom. The van der Waals surface area contributed by atoms with E-state index >= 15 is 0 Å². The summed E-state index contributed by atoms with van der Waals surface area (Å²) in [4.78, 5) is 21.2. The summed E-state index contributed by atoms with van der Waals surface area (Å²) in [5.74, 6) is 0.496. The van der Waals surface area contributed by atoms with Crippen molar-refractivity contribution in [2.45, 2.75) is 19.1 Å². The standard InChI is InChI=1S/C18H21F3N4OS/c1-13(15-3-2-10-27-15)23-17(26)12-24-6-8-25(9-7-24)16-5-4-14(11-22-16)18(19,20)21/h2-5,10-11,13H,6-9,12H2,1H3,(H,23,26). The van der Waals surface area contributed by atoms with E-state index in [1.54, 1.807) is 11.3 Å². The van der Waals surface area contributed by atoms with E-state index in [0.29, 0.717) is 38.5 Å². The fourth-order valence-corrected chi connectivity index (χ4v) is 3.71. The van der Waals surface area contributed by atoms with Gasteiger partial charge in [0.2, 0.25) is 5.91 Å². The molecule has 1 unspecified atom stereocenters. The number of hydrogen-bond donors (Lipinski definition) is 1. The molecule has 0 bridgehead atoms. The molecule has 1 amide bonds. The summed E-state index contributed by atoms with van der Waals surface area (Å²) in [5, 5.41) is 4.97. The van der Waals surface area contributed by atoms with Gasteiger partial charge in [-0.05, 0) is 30.5 Å². The molecule has 1 saturated heterocycles. The van der Waals surface area contributed by atoms with Crippen molar-refractivity contribution in [3.05, 3.63) is 46.3 Å². The maximum absolute atomic E-state index is 12.6. The van der Waals surface area contributed by atoms with Gasteiger partial charge in [-0.25, -0.2) is 4.98 Å². The number of pyridine rings is 1. The minimum atomic E-state index is -4.38. The number of carbonyl (C=O) groups excluding carboxylic acids is 1. The molecular weight excluding hydrogens is 377 g/mol. The number of hydrogen-bond acceptors (Lipinski definition) is 5. The van der Waals surface area contributed by atoms with E-state index in [1.165, 1.54) is 6.07 Å². The lowest BCUT2D eigenvalue weighted by molar-refractivity contribution is -0.137. The topological polar surface area (TPSA) is 48.5 Å². The average molecular weight is 398 g/mol. The first-order chi connectivity index (χ1) is 12.8. The van der Waals surface area contributed by atoms with Crippen LogP contribution in [-0.2, 0) is 11.0 Å². The molecule has 0 radical (unpaired) electrons. The van der Waals surface area contributed by atoms with Crippen LogP contribution in [0.1, 0.15) is 23.4 Å². The summed E-state index contributed by atoms with van der Waals surface area (Å²) in [5.41, 5.74) is -0.749. The van der Waals surface area contributed by atoms with Gasteiger partial charge in [-0.2, -0.15) is 13.2 Å². The highest BCUT2D eigenvalue weighted by Crippen LogP contribution is 2.29. The molecule has 2 aromatic rings. The van der Waals surface area contributed by atoms with Crippen molar-refractivity contribution in [1.29, 1.82) is 0 Å². The zero-order chi connectivity index (χ0) is 19.4. The quantitative estimate of drug-likeness (QED) is 0.841. The molecule has 1 aliphatic heterocycles. The summed E-state index contributed by atoms with van der Waals surface area (Å²) in [6.07, 6.45) is -3.51. The highest BCUT2D eigenvalue weighted by molar-refractivity contribution is 7.10. The second kappa shape index (κ2) is 8.26. The molecule has 0 saturated carbocycles. The number of thiophene rings is 1. The van der Waals surface area contributed by atoms with Crippen LogP contribution in [0.25, 0.3) is 0 Å². The lowest BCUT2D eigenvalue weighted by Crippen LogP contribution is -2.49. The summed E-state index contributed by atoms with van der Waals surface area (Å²) in [6.45, 7) is 4.81. The molecule has 27 heavy (non-hydrogen) atoms. The molecular formula is C18H21F3N4OS. The van der Waals surface area contributed by atoms with Gasteiger partial charge in [-0.15, -0.1) is 11.3 Å². The Morgan fingerprint density at radius 1 is 1.26 bits per heavy atom. The van der Waals surface area contributed by atoms with Gasteiger partial charge in [0.05, 0.1) is 18.2 Å². The summed E-state index contributed by atoms with van der Waals surface area (Å²) < 4.78 is 37.9. The van der Waals surface area contributed by atoms with Crippen LogP contribution < -0.4 is 10.2 Å². The molecule has 0 spiro atoms. The van der Waals surface area contributed by atoms with E-state index in [1.807, 2.05) is 34.2 Å². The Labute approximate surface area is 159 Å². The lowest BCUT2D eigenvalue weighted by Gasteiger charge is -2.35. The largest absolute Gasteiger partial charge is 0.417 e. The Kier molecular flexibility index (Phi) is 6.01. The van der Waals surface area contributed by atoms with Gasteiger partial charge in [0.15, 0.2) is 0 Å². The van der Waals surface area contributed by atoms with E-state index in [2.05, 4.69) is 10.3 Å². The second-order valence-corrected chi connectivity index (χ2v) is 7.45. The molecule has 1 atom stereocenters. The molecule has 1 fully saturated rings. The maximum Gasteiger partial charge on any atom is 0.417 e. The molecule has 0 aliphatic carbocycles. The third kappa shape index (κ3) is 5.20. The van der Waals surface area contributed by atoms with Gasteiger partial charge in [0.25, 0.3) is 0 Å². The normalized spacial score (nSPS) is 17.0. The van der Waals surface area contributed by atoms with Gasteiger partial charge < -0.3 is 10.2 Å². The fourth-order valence-electron chi connectivity index (χ4n) is 2.97. The first-order valence-corrected chi connectivity index (χ1v) is 9.54. The SMILES string of the molecule is CC(NC(=O)CN1CCN(c2ccc(C(F)(F)F)cn2)CC1)c1cccs1. The molecule has 146 valence electrons. The van der Waals surface area contributed by atoms with Gasteiger partial charge in [-0.1, -0.05) is 6.07 Å². The van der Waals surface area contributed by atoms with Crippen molar-refractivity contribution < 1.29 is 18.0 Å². The summed E-state index contributed by atoms with van der Waals surface area (Å²) in [7, 11) is 0. The van der Waals surface area contributed by atoms with Crippen LogP contribution in [0.2, 0.25) is 0 Å². The number of piperazine rings is 1. The van der Waals surface area contributed by atoms with Gasteiger partial charge in [-0.3, -0.25) is 9.69 Å². The number of anilines is 1. The number of rotatable bonds is 5. The van der Waals surface area contributed by atoms with Gasteiger partial charge in [0, 0.05) is 37.3 Å². The first-order valence-electron chi connectivity index (χ1n) is 8.66. The number of halogens is 3.